The third-order valence-electron chi connectivity index (χ3n) is 2.76. The van der Waals surface area contributed by atoms with Gasteiger partial charge in [-0.15, -0.1) is 0 Å². The molecule has 0 aliphatic carbocycles. The Hall–Kier alpha value is -1.59. The molecule has 0 fully saturated rings. The van der Waals surface area contributed by atoms with Crippen LogP contribution < -0.4 is 15.4 Å². The zero-order valence-electron chi connectivity index (χ0n) is 11.9. The van der Waals surface area contributed by atoms with Crippen molar-refractivity contribution in [1.29, 1.82) is 0 Å². The van der Waals surface area contributed by atoms with Gasteiger partial charge >= 0.3 is 0 Å². The van der Waals surface area contributed by atoms with E-state index < -0.39 is 0 Å². The Balaban J connectivity index is 2.42. The van der Waals surface area contributed by atoms with Crippen molar-refractivity contribution in [3.63, 3.8) is 0 Å². The molecule has 1 amide bonds. The Bertz CT molecular complexity index is 396. The maximum absolute atomic E-state index is 11.9. The van der Waals surface area contributed by atoms with E-state index in [1.807, 2.05) is 43.3 Å². The summed E-state index contributed by atoms with van der Waals surface area (Å²) in [5, 5.41) is 5.95. The minimum Gasteiger partial charge on any atom is -0.495 e. The van der Waals surface area contributed by atoms with Crippen LogP contribution in [0.3, 0.4) is 0 Å². The van der Waals surface area contributed by atoms with Crippen molar-refractivity contribution >= 4 is 11.6 Å². The van der Waals surface area contributed by atoms with E-state index in [9.17, 15) is 4.79 Å². The van der Waals surface area contributed by atoms with Gasteiger partial charge in [0.1, 0.15) is 5.75 Å². The number of anilines is 1. The summed E-state index contributed by atoms with van der Waals surface area (Å²) in [5.74, 6) is 0.644. The largest absolute Gasteiger partial charge is 0.495 e. The molecule has 0 spiro atoms. The molecular formula is C14H23N3O2. The van der Waals surface area contributed by atoms with Crippen molar-refractivity contribution < 1.29 is 9.53 Å². The van der Waals surface area contributed by atoms with Gasteiger partial charge in [-0.3, -0.25) is 9.69 Å². The number of benzene rings is 1. The van der Waals surface area contributed by atoms with Gasteiger partial charge in [-0.2, -0.15) is 0 Å². The molecule has 0 aliphatic rings. The maximum atomic E-state index is 11.9. The second kappa shape index (κ2) is 8.50. The highest BCUT2D eigenvalue weighted by molar-refractivity contribution is 5.93. The summed E-state index contributed by atoms with van der Waals surface area (Å²) in [6, 6.07) is 7.40. The molecule has 0 heterocycles. The van der Waals surface area contributed by atoms with Gasteiger partial charge in [0.05, 0.1) is 19.3 Å². The number of ether oxygens (including phenoxy) is 1. The van der Waals surface area contributed by atoms with Gasteiger partial charge in [-0.05, 0) is 45.7 Å². The second-order valence-electron chi connectivity index (χ2n) is 4.44. The molecule has 0 saturated heterocycles. The molecule has 5 heteroatoms. The average Bonchev–Trinajstić information content (AvgIpc) is 2.39. The summed E-state index contributed by atoms with van der Waals surface area (Å²) in [6.45, 7) is 2.22. The van der Waals surface area contributed by atoms with E-state index in [4.69, 9.17) is 4.74 Å². The van der Waals surface area contributed by atoms with Gasteiger partial charge in [-0.1, -0.05) is 12.1 Å². The van der Waals surface area contributed by atoms with Crippen molar-refractivity contribution in [1.82, 2.24) is 10.2 Å². The number of carbonyl (C=O) groups is 1. The Labute approximate surface area is 114 Å². The smallest absolute Gasteiger partial charge is 0.238 e. The molecule has 106 valence electrons. The van der Waals surface area contributed by atoms with Crippen molar-refractivity contribution in [3.05, 3.63) is 24.3 Å². The first-order chi connectivity index (χ1) is 9.17. The van der Waals surface area contributed by atoms with Crippen molar-refractivity contribution in [2.24, 2.45) is 0 Å². The number of nitrogens with one attached hydrogen (secondary N) is 2. The highest BCUT2D eigenvalue weighted by Crippen LogP contribution is 2.22. The SMILES string of the molecule is CNCCCN(C)CC(=O)Nc1ccccc1OC. The van der Waals surface area contributed by atoms with Crippen LogP contribution in [-0.4, -0.2) is 51.6 Å². The van der Waals surface area contributed by atoms with Crippen molar-refractivity contribution in [2.75, 3.05) is 46.2 Å². The van der Waals surface area contributed by atoms with Crippen LogP contribution in [-0.2, 0) is 4.79 Å². The number of para-hydroxylation sites is 2. The van der Waals surface area contributed by atoms with E-state index in [0.29, 0.717) is 18.0 Å². The van der Waals surface area contributed by atoms with Gasteiger partial charge < -0.3 is 15.4 Å². The fourth-order valence-corrected chi connectivity index (χ4v) is 1.79. The minimum absolute atomic E-state index is 0.0311. The molecule has 1 aromatic carbocycles. The molecule has 0 unspecified atom stereocenters. The number of rotatable bonds is 8. The lowest BCUT2D eigenvalue weighted by Crippen LogP contribution is -2.32. The number of likely N-dealkylation sites (N-methyl/N-ethyl adjacent to an activating group) is 1. The number of hydrogen-bond acceptors (Lipinski definition) is 4. The van der Waals surface area contributed by atoms with Crippen LogP contribution in [0.1, 0.15) is 6.42 Å². The Morgan fingerprint density at radius 1 is 1.37 bits per heavy atom. The van der Waals surface area contributed by atoms with E-state index in [1.54, 1.807) is 7.11 Å². The zero-order valence-corrected chi connectivity index (χ0v) is 11.9. The predicted molar refractivity (Wildman–Crippen MR) is 77.7 cm³/mol. The van der Waals surface area contributed by atoms with Crippen LogP contribution in [0.15, 0.2) is 24.3 Å². The number of nitrogens with zero attached hydrogens (tertiary/aromatic N) is 1. The molecule has 0 bridgehead atoms. The summed E-state index contributed by atoms with van der Waals surface area (Å²) in [7, 11) is 5.46. The number of amides is 1. The van der Waals surface area contributed by atoms with Gasteiger partial charge in [0.25, 0.3) is 0 Å². The number of carbonyl (C=O) groups excluding carboxylic acids is 1. The number of hydrogen-bond donors (Lipinski definition) is 2. The van der Waals surface area contributed by atoms with Crippen LogP contribution in [0.5, 0.6) is 5.75 Å². The quantitative estimate of drug-likeness (QED) is 0.693. The van der Waals surface area contributed by atoms with Gasteiger partial charge in [-0.25, -0.2) is 0 Å². The van der Waals surface area contributed by atoms with Crippen LogP contribution in [0.25, 0.3) is 0 Å². The first-order valence-corrected chi connectivity index (χ1v) is 6.43. The van der Waals surface area contributed by atoms with Crippen molar-refractivity contribution in [3.8, 4) is 5.75 Å². The normalized spacial score (nSPS) is 10.5. The lowest BCUT2D eigenvalue weighted by molar-refractivity contribution is -0.117. The fourth-order valence-electron chi connectivity index (χ4n) is 1.79. The van der Waals surface area contributed by atoms with E-state index in [2.05, 4.69) is 10.6 Å². The van der Waals surface area contributed by atoms with E-state index in [0.717, 1.165) is 19.5 Å². The van der Waals surface area contributed by atoms with E-state index in [1.165, 1.54) is 0 Å². The van der Waals surface area contributed by atoms with E-state index in [-0.39, 0.29) is 5.91 Å². The monoisotopic (exact) mass is 265 g/mol. The van der Waals surface area contributed by atoms with Gasteiger partial charge in [0, 0.05) is 0 Å². The summed E-state index contributed by atoms with van der Waals surface area (Å²) >= 11 is 0. The molecule has 5 nitrogen and oxygen atoms in total. The molecule has 1 rings (SSSR count). The third-order valence-corrected chi connectivity index (χ3v) is 2.76. The molecule has 0 saturated carbocycles. The third kappa shape index (κ3) is 5.72. The van der Waals surface area contributed by atoms with Crippen LogP contribution >= 0.6 is 0 Å². The Morgan fingerprint density at radius 3 is 2.79 bits per heavy atom. The fraction of sp³-hybridized carbons (Fsp3) is 0.500. The lowest BCUT2D eigenvalue weighted by atomic mass is 10.3. The molecule has 2 N–H and O–H groups in total. The minimum atomic E-state index is -0.0311. The summed E-state index contributed by atoms with van der Waals surface area (Å²) in [4.78, 5) is 13.9. The molecule has 1 aromatic rings. The molecule has 0 atom stereocenters. The second-order valence-corrected chi connectivity index (χ2v) is 4.44. The first-order valence-electron chi connectivity index (χ1n) is 6.43. The van der Waals surface area contributed by atoms with Crippen LogP contribution in [0, 0.1) is 0 Å². The highest BCUT2D eigenvalue weighted by atomic mass is 16.5. The standard InChI is InChI=1S/C14H23N3O2/c1-15-9-6-10-17(2)11-14(18)16-12-7-4-5-8-13(12)19-3/h4-5,7-8,15H,6,9-11H2,1-3H3,(H,16,18). The first kappa shape index (κ1) is 15.5. The maximum Gasteiger partial charge on any atom is 0.238 e. The average molecular weight is 265 g/mol. The topological polar surface area (TPSA) is 53.6 Å². The highest BCUT2D eigenvalue weighted by Gasteiger charge is 2.09. The zero-order chi connectivity index (χ0) is 14.1. The van der Waals surface area contributed by atoms with Crippen LogP contribution in [0.4, 0.5) is 5.69 Å². The molecule has 19 heavy (non-hydrogen) atoms. The molecular weight excluding hydrogens is 242 g/mol. The molecule has 0 radical (unpaired) electrons. The molecule has 0 aliphatic heterocycles. The number of methoxy groups -OCH3 is 1. The summed E-state index contributed by atoms with van der Waals surface area (Å²) < 4.78 is 5.19. The van der Waals surface area contributed by atoms with Gasteiger partial charge in [0.2, 0.25) is 5.91 Å². The lowest BCUT2D eigenvalue weighted by Gasteiger charge is -2.16. The Kier molecular flexibility index (Phi) is 6.92. The Morgan fingerprint density at radius 2 is 2.11 bits per heavy atom. The van der Waals surface area contributed by atoms with Crippen molar-refractivity contribution in [2.45, 2.75) is 6.42 Å². The van der Waals surface area contributed by atoms with Crippen LogP contribution in [0.2, 0.25) is 0 Å². The summed E-state index contributed by atoms with van der Waals surface area (Å²) in [5.41, 5.74) is 0.707. The molecule has 0 aromatic heterocycles. The van der Waals surface area contributed by atoms with Gasteiger partial charge in [0.15, 0.2) is 0 Å². The predicted octanol–water partition coefficient (Wildman–Crippen LogP) is 1.17. The van der Waals surface area contributed by atoms with E-state index >= 15 is 0 Å². The summed E-state index contributed by atoms with van der Waals surface area (Å²) in [6.07, 6.45) is 1.02.